The van der Waals surface area contributed by atoms with Crippen molar-refractivity contribution in [3.63, 3.8) is 0 Å². The standard InChI is InChI=1S/C32H68NO3P.ClH/c1-4-5-6-7-8-9-10-11-12-13-14-15-18-21-24-27-30-33(2,3)31-28-25-22-19-16-17-20-23-26-29-32-37(34,35)36;/h4-32H2,1-3H3,(H-,34,35,36);1H. The Balaban J connectivity index is 0. The molecule has 38 heavy (non-hydrogen) atoms. The Bertz CT molecular complexity index is 513. The summed E-state index contributed by atoms with van der Waals surface area (Å²) in [4.78, 5) is 17.7. The first-order valence-corrected chi connectivity index (χ1v) is 18.4. The zero-order valence-corrected chi connectivity index (χ0v) is 27.7. The molecule has 0 spiro atoms. The average molecular weight is 582 g/mol. The van der Waals surface area contributed by atoms with E-state index in [1.54, 1.807) is 0 Å². The van der Waals surface area contributed by atoms with Crippen LogP contribution in [-0.2, 0) is 4.57 Å². The molecule has 6 heteroatoms. The second-order valence-corrected chi connectivity index (χ2v) is 14.4. The highest BCUT2D eigenvalue weighted by molar-refractivity contribution is 7.51. The zero-order valence-electron chi connectivity index (χ0n) is 26.1. The lowest BCUT2D eigenvalue weighted by molar-refractivity contribution is -0.890. The zero-order chi connectivity index (χ0) is 27.5. The van der Waals surface area contributed by atoms with Gasteiger partial charge in [0.05, 0.1) is 27.2 Å². The molecule has 0 atom stereocenters. The van der Waals surface area contributed by atoms with Gasteiger partial charge in [-0.1, -0.05) is 142 Å². The molecule has 232 valence electrons. The van der Waals surface area contributed by atoms with E-state index in [9.17, 15) is 4.57 Å². The van der Waals surface area contributed by atoms with Crippen molar-refractivity contribution in [2.24, 2.45) is 0 Å². The Kier molecular flexibility index (Phi) is 30.8. The van der Waals surface area contributed by atoms with Crippen molar-refractivity contribution in [3.8, 4) is 0 Å². The molecule has 0 heterocycles. The van der Waals surface area contributed by atoms with E-state index in [0.29, 0.717) is 6.42 Å². The monoisotopic (exact) mass is 581 g/mol. The molecular weight excluding hydrogens is 513 g/mol. The topological polar surface area (TPSA) is 57.5 Å². The van der Waals surface area contributed by atoms with Gasteiger partial charge in [-0.25, -0.2) is 0 Å². The summed E-state index contributed by atoms with van der Waals surface area (Å²) in [5.41, 5.74) is 0. The van der Waals surface area contributed by atoms with Crippen LogP contribution in [0.1, 0.15) is 174 Å². The highest BCUT2D eigenvalue weighted by Crippen LogP contribution is 2.35. The van der Waals surface area contributed by atoms with Gasteiger partial charge in [0.2, 0.25) is 0 Å². The Morgan fingerprint density at radius 3 is 0.947 bits per heavy atom. The first kappa shape index (κ1) is 40.5. The molecule has 0 aliphatic carbocycles. The lowest BCUT2D eigenvalue weighted by Gasteiger charge is -2.30. The molecule has 2 N–H and O–H groups in total. The molecule has 4 nitrogen and oxygen atoms in total. The molecule has 0 aliphatic rings. The SMILES string of the molecule is CCCCCCCCCCCCCCCCCC[N+](C)(C)CCCCCCCCCCCCP(=O)(O)O.[Cl-]. The fraction of sp³-hybridized carbons (Fsp3) is 1.00. The maximum absolute atomic E-state index is 10.8. The molecule has 0 aromatic heterocycles. The Morgan fingerprint density at radius 1 is 0.447 bits per heavy atom. The Morgan fingerprint density at radius 2 is 0.684 bits per heavy atom. The molecular formula is C32H69ClNO3P. The van der Waals surface area contributed by atoms with Crippen molar-refractivity contribution >= 4 is 7.60 Å². The van der Waals surface area contributed by atoms with Crippen LogP contribution in [0, 0.1) is 0 Å². The van der Waals surface area contributed by atoms with Crippen LogP contribution in [0.5, 0.6) is 0 Å². The minimum absolute atomic E-state index is 0. The maximum atomic E-state index is 10.8. The predicted octanol–water partition coefficient (Wildman–Crippen LogP) is 7.41. The molecule has 0 fully saturated rings. The van der Waals surface area contributed by atoms with Crippen LogP contribution in [0.3, 0.4) is 0 Å². The van der Waals surface area contributed by atoms with Gasteiger partial charge in [-0.15, -0.1) is 0 Å². The van der Waals surface area contributed by atoms with E-state index in [4.69, 9.17) is 9.79 Å². The summed E-state index contributed by atoms with van der Waals surface area (Å²) in [6.07, 6.45) is 35.1. The fourth-order valence-electron chi connectivity index (χ4n) is 5.47. The third kappa shape index (κ3) is 34.4. The third-order valence-electron chi connectivity index (χ3n) is 8.08. The highest BCUT2D eigenvalue weighted by atomic mass is 35.5. The van der Waals surface area contributed by atoms with E-state index in [0.717, 1.165) is 12.8 Å². The molecule has 0 saturated heterocycles. The smallest absolute Gasteiger partial charge is 0.325 e. The van der Waals surface area contributed by atoms with E-state index in [1.807, 2.05) is 0 Å². The number of rotatable bonds is 30. The molecule has 0 aromatic carbocycles. The summed E-state index contributed by atoms with van der Waals surface area (Å²) in [5, 5.41) is 0. The number of nitrogens with zero attached hydrogens (tertiary/aromatic N) is 1. The summed E-state index contributed by atoms with van der Waals surface area (Å²) in [6, 6.07) is 0. The van der Waals surface area contributed by atoms with Gasteiger partial charge in [-0.05, 0) is 32.1 Å². The predicted molar refractivity (Wildman–Crippen MR) is 164 cm³/mol. The summed E-state index contributed by atoms with van der Waals surface area (Å²) in [6.45, 7) is 4.95. The van der Waals surface area contributed by atoms with Crippen LogP contribution in [0.15, 0.2) is 0 Å². The van der Waals surface area contributed by atoms with Gasteiger partial charge >= 0.3 is 7.60 Å². The molecule has 0 amide bonds. The van der Waals surface area contributed by atoms with Gasteiger partial charge in [0.1, 0.15) is 0 Å². The normalized spacial score (nSPS) is 12.1. The van der Waals surface area contributed by atoms with Gasteiger partial charge < -0.3 is 26.7 Å². The quantitative estimate of drug-likeness (QED) is 0.0527. The maximum Gasteiger partial charge on any atom is 0.325 e. The molecule has 0 rings (SSSR count). The van der Waals surface area contributed by atoms with Gasteiger partial charge in [-0.3, -0.25) is 4.57 Å². The third-order valence-corrected chi connectivity index (χ3v) is 8.98. The average Bonchev–Trinajstić information content (AvgIpc) is 2.83. The van der Waals surface area contributed by atoms with Gasteiger partial charge in [0, 0.05) is 6.16 Å². The second kappa shape index (κ2) is 28.9. The number of hydrogen-bond donors (Lipinski definition) is 2. The van der Waals surface area contributed by atoms with E-state index in [2.05, 4.69) is 21.0 Å². The number of halogens is 1. The van der Waals surface area contributed by atoms with Crippen LogP contribution in [0.2, 0.25) is 0 Å². The molecule has 0 unspecified atom stereocenters. The summed E-state index contributed by atoms with van der Waals surface area (Å²) in [5.74, 6) is 0. The largest absolute Gasteiger partial charge is 1.00 e. The van der Waals surface area contributed by atoms with Crippen molar-refractivity contribution in [3.05, 3.63) is 0 Å². The number of unbranched alkanes of at least 4 members (excludes halogenated alkanes) is 24. The van der Waals surface area contributed by atoms with Crippen LogP contribution in [-0.4, -0.2) is 47.6 Å². The number of hydrogen-bond acceptors (Lipinski definition) is 1. The second-order valence-electron chi connectivity index (χ2n) is 12.6. The first-order chi connectivity index (χ1) is 17.8. The van der Waals surface area contributed by atoms with Crippen molar-refractivity contribution < 1.29 is 31.2 Å². The fourth-order valence-corrected chi connectivity index (χ4v) is 6.11. The van der Waals surface area contributed by atoms with Crippen molar-refractivity contribution in [2.75, 3.05) is 33.3 Å². The van der Waals surface area contributed by atoms with Crippen molar-refractivity contribution in [2.45, 2.75) is 174 Å². The van der Waals surface area contributed by atoms with E-state index in [1.165, 1.54) is 165 Å². The van der Waals surface area contributed by atoms with Crippen LogP contribution in [0.25, 0.3) is 0 Å². The summed E-state index contributed by atoms with van der Waals surface area (Å²) in [7, 11) is 1.05. The van der Waals surface area contributed by atoms with Gasteiger partial charge in [0.25, 0.3) is 0 Å². The molecule has 0 radical (unpaired) electrons. The minimum atomic E-state index is -3.78. The highest BCUT2D eigenvalue weighted by Gasteiger charge is 2.13. The molecule has 0 aromatic rings. The van der Waals surface area contributed by atoms with Gasteiger partial charge in [-0.2, -0.15) is 0 Å². The first-order valence-electron chi connectivity index (χ1n) is 16.6. The van der Waals surface area contributed by atoms with E-state index < -0.39 is 7.60 Å². The summed E-state index contributed by atoms with van der Waals surface area (Å²) >= 11 is 0. The summed E-state index contributed by atoms with van der Waals surface area (Å²) < 4.78 is 12.0. The Labute approximate surface area is 245 Å². The Hall–Kier alpha value is 0.400. The number of quaternary nitrogens is 1. The van der Waals surface area contributed by atoms with Gasteiger partial charge in [0.15, 0.2) is 0 Å². The molecule has 0 bridgehead atoms. The lowest BCUT2D eigenvalue weighted by Crippen LogP contribution is -3.00. The van der Waals surface area contributed by atoms with E-state index >= 15 is 0 Å². The van der Waals surface area contributed by atoms with Crippen LogP contribution >= 0.6 is 7.60 Å². The molecule has 0 aliphatic heterocycles. The van der Waals surface area contributed by atoms with Crippen LogP contribution in [0.4, 0.5) is 0 Å². The van der Waals surface area contributed by atoms with Crippen molar-refractivity contribution in [1.29, 1.82) is 0 Å². The van der Waals surface area contributed by atoms with Crippen LogP contribution < -0.4 is 12.4 Å². The molecule has 0 saturated carbocycles. The lowest BCUT2D eigenvalue weighted by atomic mass is 10.0. The van der Waals surface area contributed by atoms with E-state index in [-0.39, 0.29) is 18.6 Å². The minimum Gasteiger partial charge on any atom is -1.00 e. The van der Waals surface area contributed by atoms with Crippen molar-refractivity contribution in [1.82, 2.24) is 0 Å².